The van der Waals surface area contributed by atoms with Crippen molar-refractivity contribution in [2.75, 3.05) is 11.9 Å². The van der Waals surface area contributed by atoms with E-state index in [9.17, 15) is 8.78 Å². The lowest BCUT2D eigenvalue weighted by Gasteiger charge is -2.21. The number of hydrogen-bond donors (Lipinski definition) is 0. The Bertz CT molecular complexity index is 459. The van der Waals surface area contributed by atoms with E-state index in [1.807, 2.05) is 32.7 Å². The van der Waals surface area contributed by atoms with Crippen LogP contribution in [-0.2, 0) is 0 Å². The summed E-state index contributed by atoms with van der Waals surface area (Å²) in [6.45, 7) is 13.0. The second-order valence-electron chi connectivity index (χ2n) is 4.92. The highest BCUT2D eigenvalue weighted by Crippen LogP contribution is 2.25. The van der Waals surface area contributed by atoms with Crippen molar-refractivity contribution in [1.82, 2.24) is 0 Å². The highest BCUT2D eigenvalue weighted by molar-refractivity contribution is 5.52. The number of anilines is 1. The topological polar surface area (TPSA) is 12.5 Å². The van der Waals surface area contributed by atoms with Crippen LogP contribution in [0.3, 0.4) is 0 Å². The SMILES string of the molecule is C#C.CC.CC/C=C(/C)N(C)c1ccc(OC(C)(F)F)cc1.CCC. The van der Waals surface area contributed by atoms with E-state index in [1.165, 1.54) is 6.42 Å². The molecule has 0 spiro atoms. The molecule has 0 bridgehead atoms. The first kappa shape index (κ1) is 27.8. The zero-order valence-corrected chi connectivity index (χ0v) is 17.1. The van der Waals surface area contributed by atoms with Crippen LogP contribution in [0.5, 0.6) is 5.75 Å². The molecule has 0 aliphatic carbocycles. The largest absolute Gasteiger partial charge is 0.433 e. The summed E-state index contributed by atoms with van der Waals surface area (Å²) in [6.07, 6.45) is 9.16. The quantitative estimate of drug-likeness (QED) is 0.521. The maximum absolute atomic E-state index is 12.7. The normalized spacial score (nSPS) is 10.0. The Morgan fingerprint density at radius 1 is 1.12 bits per heavy atom. The molecule has 144 valence electrons. The van der Waals surface area contributed by atoms with E-state index in [0.29, 0.717) is 0 Å². The van der Waals surface area contributed by atoms with E-state index in [1.54, 1.807) is 24.3 Å². The van der Waals surface area contributed by atoms with Gasteiger partial charge >= 0.3 is 6.11 Å². The molecule has 4 heteroatoms. The Morgan fingerprint density at radius 2 is 1.52 bits per heavy atom. The predicted molar refractivity (Wildman–Crippen MR) is 107 cm³/mol. The summed E-state index contributed by atoms with van der Waals surface area (Å²) < 4.78 is 29.8. The average Bonchev–Trinajstić information content (AvgIpc) is 2.58. The van der Waals surface area contributed by atoms with Crippen LogP contribution >= 0.6 is 0 Å². The van der Waals surface area contributed by atoms with Gasteiger partial charge in [-0.3, -0.25) is 0 Å². The third-order valence-electron chi connectivity index (χ3n) is 2.55. The molecular weight excluding hydrogens is 320 g/mol. The van der Waals surface area contributed by atoms with Gasteiger partial charge in [-0.1, -0.05) is 47.1 Å². The van der Waals surface area contributed by atoms with Gasteiger partial charge in [-0.25, -0.2) is 0 Å². The Morgan fingerprint density at radius 3 is 1.84 bits per heavy atom. The third-order valence-corrected chi connectivity index (χ3v) is 2.55. The Labute approximate surface area is 153 Å². The van der Waals surface area contributed by atoms with Crippen molar-refractivity contribution in [3.63, 3.8) is 0 Å². The first-order chi connectivity index (χ1) is 11.7. The number of hydrogen-bond acceptors (Lipinski definition) is 2. The third kappa shape index (κ3) is 15.3. The molecule has 0 aliphatic heterocycles. The molecule has 0 saturated heterocycles. The molecule has 0 atom stereocenters. The van der Waals surface area contributed by atoms with Crippen LogP contribution in [0, 0.1) is 12.8 Å². The molecule has 1 aromatic rings. The van der Waals surface area contributed by atoms with E-state index in [0.717, 1.165) is 24.7 Å². The molecule has 0 N–H and O–H groups in total. The number of ether oxygens (including phenoxy) is 1. The standard InChI is InChI=1S/C14H19F2NO.C3H8.C2H6.C2H2/c1-5-6-11(2)17(4)12-7-9-13(10-8-12)18-14(3,15)16;1-3-2;2*1-2/h6-10H,5H2,1-4H3;3H2,1-2H3;1-2H3;1-2H/b11-6-;;;. The number of allylic oxidation sites excluding steroid dienone is 2. The first-order valence-electron chi connectivity index (χ1n) is 8.65. The van der Waals surface area contributed by atoms with E-state index >= 15 is 0 Å². The van der Waals surface area contributed by atoms with E-state index in [4.69, 9.17) is 0 Å². The minimum Gasteiger partial charge on any atom is -0.433 e. The van der Waals surface area contributed by atoms with Gasteiger partial charge < -0.3 is 9.64 Å². The van der Waals surface area contributed by atoms with E-state index in [-0.39, 0.29) is 5.75 Å². The van der Waals surface area contributed by atoms with Crippen molar-refractivity contribution >= 4 is 5.69 Å². The molecule has 0 aliphatic rings. The lowest BCUT2D eigenvalue weighted by molar-refractivity contribution is -0.158. The summed E-state index contributed by atoms with van der Waals surface area (Å²) in [7, 11) is 1.94. The Kier molecular flexibility index (Phi) is 18.7. The monoisotopic (exact) mass is 355 g/mol. The Balaban J connectivity index is -0.000000605. The van der Waals surface area contributed by atoms with Crippen LogP contribution in [0.4, 0.5) is 14.5 Å². The van der Waals surface area contributed by atoms with Crippen molar-refractivity contribution in [3.05, 3.63) is 36.0 Å². The molecule has 0 aromatic heterocycles. The van der Waals surface area contributed by atoms with E-state index < -0.39 is 6.11 Å². The predicted octanol–water partition coefficient (Wildman–Crippen LogP) is 7.12. The molecule has 0 fully saturated rings. The molecule has 0 heterocycles. The smallest absolute Gasteiger partial charge is 0.394 e. The number of alkyl halides is 2. The summed E-state index contributed by atoms with van der Waals surface area (Å²) >= 11 is 0. The van der Waals surface area contributed by atoms with Crippen molar-refractivity contribution in [1.29, 1.82) is 0 Å². The molecule has 1 rings (SSSR count). The van der Waals surface area contributed by atoms with Gasteiger partial charge in [0.2, 0.25) is 0 Å². The highest BCUT2D eigenvalue weighted by atomic mass is 19.3. The molecular formula is C21H35F2NO. The van der Waals surface area contributed by atoms with Crippen molar-refractivity contribution in [2.24, 2.45) is 0 Å². The zero-order chi connectivity index (χ0) is 20.5. The van der Waals surface area contributed by atoms with Gasteiger partial charge in [0.15, 0.2) is 0 Å². The van der Waals surface area contributed by atoms with Gasteiger partial charge in [0, 0.05) is 25.4 Å². The van der Waals surface area contributed by atoms with Crippen molar-refractivity contribution in [3.8, 4) is 18.6 Å². The molecule has 0 radical (unpaired) electrons. The first-order valence-corrected chi connectivity index (χ1v) is 8.65. The van der Waals surface area contributed by atoms with Crippen LogP contribution in [0.15, 0.2) is 36.0 Å². The molecule has 0 amide bonds. The summed E-state index contributed by atoms with van der Waals surface area (Å²) in [5, 5.41) is 0. The second-order valence-corrected chi connectivity index (χ2v) is 4.92. The maximum Gasteiger partial charge on any atom is 0.394 e. The molecule has 1 aromatic carbocycles. The summed E-state index contributed by atoms with van der Waals surface area (Å²) in [4.78, 5) is 2.00. The van der Waals surface area contributed by atoms with Crippen LogP contribution in [0.1, 0.15) is 61.3 Å². The van der Waals surface area contributed by atoms with Crippen LogP contribution in [-0.4, -0.2) is 13.2 Å². The molecule has 25 heavy (non-hydrogen) atoms. The second kappa shape index (κ2) is 16.8. The van der Waals surface area contributed by atoms with Gasteiger partial charge in [-0.05, 0) is 37.6 Å². The number of terminal acetylenes is 1. The average molecular weight is 356 g/mol. The lowest BCUT2D eigenvalue weighted by Crippen LogP contribution is -2.19. The number of benzene rings is 1. The summed E-state index contributed by atoms with van der Waals surface area (Å²) in [5.41, 5.74) is 2.05. The minimum absolute atomic E-state index is 0.164. The molecule has 0 saturated carbocycles. The summed E-state index contributed by atoms with van der Waals surface area (Å²) in [6, 6.07) is 6.60. The van der Waals surface area contributed by atoms with Crippen molar-refractivity contribution in [2.45, 2.75) is 67.4 Å². The fraction of sp³-hybridized carbons (Fsp3) is 0.524. The van der Waals surface area contributed by atoms with Crippen LogP contribution < -0.4 is 9.64 Å². The Hall–Kier alpha value is -2.02. The van der Waals surface area contributed by atoms with Gasteiger partial charge in [-0.15, -0.1) is 12.8 Å². The minimum atomic E-state index is -3.15. The van der Waals surface area contributed by atoms with E-state index in [2.05, 4.69) is 44.4 Å². The zero-order valence-electron chi connectivity index (χ0n) is 17.1. The fourth-order valence-electron chi connectivity index (χ4n) is 1.58. The van der Waals surface area contributed by atoms with Gasteiger partial charge in [0.25, 0.3) is 0 Å². The summed E-state index contributed by atoms with van der Waals surface area (Å²) in [5.74, 6) is 0.164. The fourth-order valence-corrected chi connectivity index (χ4v) is 1.58. The van der Waals surface area contributed by atoms with Crippen LogP contribution in [0.2, 0.25) is 0 Å². The lowest BCUT2D eigenvalue weighted by atomic mass is 10.2. The molecule has 2 nitrogen and oxygen atoms in total. The van der Waals surface area contributed by atoms with Crippen LogP contribution in [0.25, 0.3) is 0 Å². The van der Waals surface area contributed by atoms with Crippen molar-refractivity contribution < 1.29 is 13.5 Å². The number of rotatable bonds is 5. The number of halogens is 2. The van der Waals surface area contributed by atoms with Gasteiger partial charge in [-0.2, -0.15) is 8.78 Å². The van der Waals surface area contributed by atoms with Gasteiger partial charge in [0.05, 0.1) is 0 Å². The molecule has 0 unspecified atom stereocenters. The maximum atomic E-state index is 12.7. The number of nitrogens with zero attached hydrogens (tertiary/aromatic N) is 1. The van der Waals surface area contributed by atoms with Gasteiger partial charge in [0.1, 0.15) is 5.75 Å². The highest BCUT2D eigenvalue weighted by Gasteiger charge is 2.22.